The maximum atomic E-state index is 13.5. The van der Waals surface area contributed by atoms with Gasteiger partial charge < -0.3 is 15.4 Å². The molecule has 16 heavy (non-hydrogen) atoms. The van der Waals surface area contributed by atoms with Crippen LogP contribution in [0.1, 0.15) is 0 Å². The van der Waals surface area contributed by atoms with Gasteiger partial charge >= 0.3 is 0 Å². The third-order valence-electron chi connectivity index (χ3n) is 2.02. The van der Waals surface area contributed by atoms with Crippen LogP contribution in [0.3, 0.4) is 0 Å². The summed E-state index contributed by atoms with van der Waals surface area (Å²) in [6, 6.07) is 1.19. The molecule has 1 aromatic carbocycles. The van der Waals surface area contributed by atoms with Gasteiger partial charge in [0.1, 0.15) is 0 Å². The fourth-order valence-electron chi connectivity index (χ4n) is 1.23. The molecule has 1 heterocycles. The van der Waals surface area contributed by atoms with Gasteiger partial charge in [-0.1, -0.05) is 5.16 Å². The highest BCUT2D eigenvalue weighted by Gasteiger charge is 2.20. The number of hydrogen-bond acceptors (Lipinski definition) is 4. The topological polar surface area (TPSA) is 72.3 Å². The lowest BCUT2D eigenvalue weighted by atomic mass is 10.1. The summed E-state index contributed by atoms with van der Waals surface area (Å²) < 4.78 is 31.3. The van der Waals surface area contributed by atoms with Crippen molar-refractivity contribution in [3.05, 3.63) is 28.4 Å². The van der Waals surface area contributed by atoms with Crippen LogP contribution in [0.2, 0.25) is 0 Å². The normalized spacial score (nSPS) is 10.7. The van der Waals surface area contributed by atoms with Crippen LogP contribution in [0.15, 0.2) is 21.3 Å². The second-order valence-electron chi connectivity index (χ2n) is 2.99. The van der Waals surface area contributed by atoms with Gasteiger partial charge in [0.15, 0.2) is 11.6 Å². The monoisotopic (exact) mass is 290 g/mol. The van der Waals surface area contributed by atoms with E-state index in [0.717, 1.165) is 6.20 Å². The Morgan fingerprint density at radius 3 is 2.56 bits per heavy atom. The molecule has 0 atom stereocenters. The molecule has 0 fully saturated rings. The summed E-state index contributed by atoms with van der Waals surface area (Å²) in [5.41, 5.74) is 5.37. The van der Waals surface area contributed by atoms with Gasteiger partial charge in [0.2, 0.25) is 11.7 Å². The molecule has 84 valence electrons. The molecule has 0 amide bonds. The zero-order valence-corrected chi connectivity index (χ0v) is 9.25. The van der Waals surface area contributed by atoms with Gasteiger partial charge in [0.05, 0.1) is 16.2 Å². The van der Waals surface area contributed by atoms with Crippen LogP contribution in [-0.4, -0.2) is 10.3 Å². The number of phenolic OH excluding ortho intramolecular Hbond substituents is 1. The molecule has 0 aliphatic carbocycles. The van der Waals surface area contributed by atoms with Crippen molar-refractivity contribution in [3.63, 3.8) is 0 Å². The van der Waals surface area contributed by atoms with E-state index in [1.807, 2.05) is 0 Å². The average molecular weight is 291 g/mol. The molecule has 0 unspecified atom stereocenters. The van der Waals surface area contributed by atoms with Crippen molar-refractivity contribution in [1.29, 1.82) is 0 Å². The Morgan fingerprint density at radius 2 is 2.00 bits per heavy atom. The Labute approximate surface area is 96.8 Å². The van der Waals surface area contributed by atoms with E-state index in [2.05, 4.69) is 25.6 Å². The minimum Gasteiger partial charge on any atom is -0.504 e. The Bertz CT molecular complexity index is 557. The van der Waals surface area contributed by atoms with Crippen molar-refractivity contribution < 1.29 is 18.4 Å². The van der Waals surface area contributed by atoms with Gasteiger partial charge in [0.25, 0.3) is 0 Å². The molecule has 3 N–H and O–H groups in total. The summed E-state index contributed by atoms with van der Waals surface area (Å²) in [6.45, 7) is 0. The smallest absolute Gasteiger partial charge is 0.230 e. The molecule has 0 bridgehead atoms. The quantitative estimate of drug-likeness (QED) is 0.792. The minimum atomic E-state index is -1.36. The lowest BCUT2D eigenvalue weighted by molar-refractivity contribution is 0.405. The first-order valence-electron chi connectivity index (χ1n) is 4.09. The molecular weight excluding hydrogens is 286 g/mol. The van der Waals surface area contributed by atoms with Crippen LogP contribution >= 0.6 is 15.9 Å². The second kappa shape index (κ2) is 3.75. The summed E-state index contributed by atoms with van der Waals surface area (Å²) in [5.74, 6) is -3.49. The third-order valence-corrected chi connectivity index (χ3v) is 2.63. The van der Waals surface area contributed by atoms with Gasteiger partial charge in [-0.25, -0.2) is 4.39 Å². The molecule has 0 radical (unpaired) electrons. The number of nitrogen functional groups attached to an aromatic ring is 1. The van der Waals surface area contributed by atoms with Crippen molar-refractivity contribution in [2.75, 3.05) is 5.73 Å². The van der Waals surface area contributed by atoms with E-state index >= 15 is 0 Å². The fourth-order valence-corrected chi connectivity index (χ4v) is 1.64. The van der Waals surface area contributed by atoms with E-state index in [0.29, 0.717) is 0 Å². The van der Waals surface area contributed by atoms with Gasteiger partial charge in [-0.2, -0.15) is 4.39 Å². The summed E-state index contributed by atoms with van der Waals surface area (Å²) in [4.78, 5) is 0. The van der Waals surface area contributed by atoms with E-state index in [1.165, 1.54) is 6.07 Å². The van der Waals surface area contributed by atoms with Crippen molar-refractivity contribution in [1.82, 2.24) is 5.16 Å². The highest BCUT2D eigenvalue weighted by atomic mass is 79.9. The van der Waals surface area contributed by atoms with E-state index in [4.69, 9.17) is 10.8 Å². The number of aromatic nitrogens is 1. The summed E-state index contributed by atoms with van der Waals surface area (Å²) in [6.07, 6.45) is 1.16. The lowest BCUT2D eigenvalue weighted by Crippen LogP contribution is -1.93. The Hall–Kier alpha value is -1.63. The maximum Gasteiger partial charge on any atom is 0.230 e. The first-order chi connectivity index (χ1) is 7.52. The van der Waals surface area contributed by atoms with Crippen molar-refractivity contribution in [2.45, 2.75) is 0 Å². The number of halogens is 3. The Kier molecular flexibility index (Phi) is 2.55. The largest absolute Gasteiger partial charge is 0.504 e. The molecule has 0 saturated carbocycles. The summed E-state index contributed by atoms with van der Waals surface area (Å²) in [5, 5.41) is 12.5. The van der Waals surface area contributed by atoms with Crippen LogP contribution in [0.4, 0.5) is 14.7 Å². The maximum absolute atomic E-state index is 13.5. The number of anilines is 1. The summed E-state index contributed by atoms with van der Waals surface area (Å²) >= 11 is 2.89. The van der Waals surface area contributed by atoms with Gasteiger partial charge in [-0.15, -0.1) is 0 Å². The number of rotatable bonds is 1. The van der Waals surface area contributed by atoms with Crippen LogP contribution in [0, 0.1) is 11.6 Å². The first kappa shape index (κ1) is 10.9. The zero-order valence-electron chi connectivity index (χ0n) is 7.67. The van der Waals surface area contributed by atoms with Gasteiger partial charge in [-0.3, -0.25) is 0 Å². The zero-order chi connectivity index (χ0) is 11.9. The van der Waals surface area contributed by atoms with Gasteiger partial charge in [0, 0.05) is 5.56 Å². The molecule has 0 spiro atoms. The Balaban J connectivity index is 2.72. The van der Waals surface area contributed by atoms with E-state index < -0.39 is 17.4 Å². The lowest BCUT2D eigenvalue weighted by Gasteiger charge is -2.05. The number of nitrogens with zero attached hydrogens (tertiary/aromatic N) is 1. The minimum absolute atomic E-state index is 0.0157. The first-order valence-corrected chi connectivity index (χ1v) is 4.88. The van der Waals surface area contributed by atoms with E-state index in [9.17, 15) is 8.78 Å². The number of hydrogen-bond donors (Lipinski definition) is 2. The molecule has 1 aromatic heterocycles. The molecule has 7 heteroatoms. The van der Waals surface area contributed by atoms with Crippen LogP contribution in [0.5, 0.6) is 5.75 Å². The van der Waals surface area contributed by atoms with Crippen molar-refractivity contribution in [3.8, 4) is 16.9 Å². The predicted molar refractivity (Wildman–Crippen MR) is 55.6 cm³/mol. The highest BCUT2D eigenvalue weighted by molar-refractivity contribution is 9.10. The molecule has 0 aliphatic heterocycles. The molecule has 2 aromatic rings. The second-order valence-corrected chi connectivity index (χ2v) is 3.84. The molecule has 0 aliphatic rings. The van der Waals surface area contributed by atoms with E-state index in [1.54, 1.807) is 0 Å². The van der Waals surface area contributed by atoms with Crippen LogP contribution in [0.25, 0.3) is 11.1 Å². The number of phenols is 1. The highest BCUT2D eigenvalue weighted by Crippen LogP contribution is 2.37. The van der Waals surface area contributed by atoms with Gasteiger partial charge in [-0.05, 0) is 22.0 Å². The number of benzene rings is 1. The number of nitrogens with two attached hydrogens (primary N) is 1. The number of aromatic hydroxyl groups is 1. The van der Waals surface area contributed by atoms with Crippen molar-refractivity contribution >= 4 is 21.8 Å². The average Bonchev–Trinajstić information content (AvgIpc) is 2.67. The molecule has 0 saturated heterocycles. The SMILES string of the molecule is Nc1oncc1-c1cc(Br)c(O)c(F)c1F. The molecular formula is C9H5BrF2N2O2. The Morgan fingerprint density at radius 1 is 1.31 bits per heavy atom. The standard InChI is InChI=1S/C9H5BrF2N2O2/c10-5-1-3(4-2-14-16-9(4)13)6(11)7(12)8(5)15/h1-2,15H,13H2. The predicted octanol–water partition coefficient (Wildman–Crippen LogP) is 2.67. The third kappa shape index (κ3) is 1.53. The van der Waals surface area contributed by atoms with Crippen LogP contribution < -0.4 is 5.73 Å². The van der Waals surface area contributed by atoms with Crippen LogP contribution in [-0.2, 0) is 0 Å². The fraction of sp³-hybridized carbons (Fsp3) is 0. The van der Waals surface area contributed by atoms with Crippen molar-refractivity contribution in [2.24, 2.45) is 0 Å². The molecule has 2 rings (SSSR count). The van der Waals surface area contributed by atoms with E-state index in [-0.39, 0.29) is 21.5 Å². The summed E-state index contributed by atoms with van der Waals surface area (Å²) in [7, 11) is 0. The molecule has 4 nitrogen and oxygen atoms in total.